The highest BCUT2D eigenvalue weighted by molar-refractivity contribution is 9.08. The molecule has 0 amide bonds. The summed E-state index contributed by atoms with van der Waals surface area (Å²) < 4.78 is 17.5. The molecule has 0 unspecified atom stereocenters. The standard InChI is InChI=1S/C25H27BrO3/c1-18(2)29-25(20-7-5-19(17-26)6-8-20,21-9-13-23(27-3)14-10-21)22-11-15-24(28-4)16-12-22/h5-16,18H,17H2,1-4H3. The summed E-state index contributed by atoms with van der Waals surface area (Å²) in [4.78, 5) is 0. The van der Waals surface area contributed by atoms with Crippen molar-refractivity contribution in [2.75, 3.05) is 14.2 Å². The molecule has 0 fully saturated rings. The van der Waals surface area contributed by atoms with E-state index in [0.29, 0.717) is 0 Å². The zero-order valence-electron chi connectivity index (χ0n) is 17.3. The van der Waals surface area contributed by atoms with Gasteiger partial charge in [-0.05, 0) is 60.4 Å². The minimum absolute atomic E-state index is 0.00931. The average Bonchev–Trinajstić information content (AvgIpc) is 2.77. The first kappa shape index (κ1) is 21.4. The molecule has 0 bridgehead atoms. The zero-order chi connectivity index (χ0) is 20.9. The molecule has 3 nitrogen and oxygen atoms in total. The van der Waals surface area contributed by atoms with Crippen LogP contribution >= 0.6 is 15.9 Å². The highest BCUT2D eigenvalue weighted by Gasteiger charge is 2.38. The highest BCUT2D eigenvalue weighted by Crippen LogP contribution is 2.42. The second-order valence-electron chi connectivity index (χ2n) is 7.14. The van der Waals surface area contributed by atoms with Crippen molar-refractivity contribution < 1.29 is 14.2 Å². The molecule has 0 aliphatic carbocycles. The Morgan fingerprint density at radius 1 is 0.690 bits per heavy atom. The van der Waals surface area contributed by atoms with Crippen molar-refractivity contribution in [2.24, 2.45) is 0 Å². The van der Waals surface area contributed by atoms with Crippen LogP contribution < -0.4 is 9.47 Å². The third-order valence-corrected chi connectivity index (χ3v) is 5.57. The smallest absolute Gasteiger partial charge is 0.144 e. The minimum atomic E-state index is -0.752. The molecule has 152 valence electrons. The number of rotatable bonds is 8. The van der Waals surface area contributed by atoms with Gasteiger partial charge in [0.15, 0.2) is 0 Å². The first-order valence-corrected chi connectivity index (χ1v) is 10.8. The number of halogens is 1. The van der Waals surface area contributed by atoms with Crippen LogP contribution in [0, 0.1) is 0 Å². The van der Waals surface area contributed by atoms with Crippen LogP contribution in [0.1, 0.15) is 36.1 Å². The van der Waals surface area contributed by atoms with Gasteiger partial charge in [0.05, 0.1) is 20.3 Å². The Kier molecular flexibility index (Phi) is 6.99. The Morgan fingerprint density at radius 2 is 1.07 bits per heavy atom. The van der Waals surface area contributed by atoms with E-state index in [4.69, 9.17) is 14.2 Å². The maximum Gasteiger partial charge on any atom is 0.144 e. The van der Waals surface area contributed by atoms with Crippen LogP contribution in [0.2, 0.25) is 0 Å². The summed E-state index contributed by atoms with van der Waals surface area (Å²) in [7, 11) is 3.35. The van der Waals surface area contributed by atoms with E-state index in [0.717, 1.165) is 33.5 Å². The summed E-state index contributed by atoms with van der Waals surface area (Å²) in [5.74, 6) is 1.63. The Morgan fingerprint density at radius 3 is 1.38 bits per heavy atom. The van der Waals surface area contributed by atoms with E-state index in [1.54, 1.807) is 14.2 Å². The van der Waals surface area contributed by atoms with E-state index in [1.165, 1.54) is 5.56 Å². The number of benzene rings is 3. The van der Waals surface area contributed by atoms with Gasteiger partial charge in [-0.25, -0.2) is 0 Å². The van der Waals surface area contributed by atoms with Crippen molar-refractivity contribution in [2.45, 2.75) is 30.9 Å². The fraction of sp³-hybridized carbons (Fsp3) is 0.280. The second-order valence-corrected chi connectivity index (χ2v) is 7.70. The molecule has 29 heavy (non-hydrogen) atoms. The Hall–Kier alpha value is -2.30. The summed E-state index contributed by atoms with van der Waals surface area (Å²) in [5.41, 5.74) is 3.63. The van der Waals surface area contributed by atoms with Crippen molar-refractivity contribution in [1.82, 2.24) is 0 Å². The number of ether oxygens (including phenoxy) is 3. The van der Waals surface area contributed by atoms with Crippen LogP contribution in [-0.2, 0) is 15.7 Å². The fourth-order valence-corrected chi connectivity index (χ4v) is 3.91. The summed E-state index contributed by atoms with van der Waals surface area (Å²) in [5, 5.41) is 0.816. The minimum Gasteiger partial charge on any atom is -0.497 e. The van der Waals surface area contributed by atoms with Gasteiger partial charge in [-0.3, -0.25) is 0 Å². The Balaban J connectivity index is 2.26. The number of hydrogen-bond donors (Lipinski definition) is 0. The molecule has 0 atom stereocenters. The summed E-state index contributed by atoms with van der Waals surface area (Å²) in [6.45, 7) is 4.13. The van der Waals surface area contributed by atoms with Crippen molar-refractivity contribution in [3.05, 3.63) is 95.1 Å². The van der Waals surface area contributed by atoms with E-state index in [1.807, 2.05) is 24.3 Å². The van der Waals surface area contributed by atoms with E-state index < -0.39 is 5.60 Å². The van der Waals surface area contributed by atoms with Crippen molar-refractivity contribution in [3.63, 3.8) is 0 Å². The molecule has 0 aliphatic heterocycles. The van der Waals surface area contributed by atoms with Gasteiger partial charge in [0, 0.05) is 5.33 Å². The van der Waals surface area contributed by atoms with Crippen LogP contribution in [0.15, 0.2) is 72.8 Å². The van der Waals surface area contributed by atoms with Gasteiger partial charge < -0.3 is 14.2 Å². The first-order chi connectivity index (χ1) is 14.0. The number of methoxy groups -OCH3 is 2. The van der Waals surface area contributed by atoms with Crippen LogP contribution in [-0.4, -0.2) is 20.3 Å². The summed E-state index contributed by atoms with van der Waals surface area (Å²) >= 11 is 3.54. The largest absolute Gasteiger partial charge is 0.497 e. The van der Waals surface area contributed by atoms with Gasteiger partial charge in [-0.15, -0.1) is 0 Å². The average molecular weight is 455 g/mol. The predicted octanol–water partition coefficient (Wildman–Crippen LogP) is 6.32. The van der Waals surface area contributed by atoms with Gasteiger partial charge in [-0.2, -0.15) is 0 Å². The third-order valence-electron chi connectivity index (χ3n) is 4.92. The van der Waals surface area contributed by atoms with Crippen molar-refractivity contribution in [1.29, 1.82) is 0 Å². The zero-order valence-corrected chi connectivity index (χ0v) is 18.9. The van der Waals surface area contributed by atoms with Gasteiger partial charge in [-0.1, -0.05) is 64.5 Å². The van der Waals surface area contributed by atoms with Gasteiger partial charge in [0.1, 0.15) is 17.1 Å². The topological polar surface area (TPSA) is 27.7 Å². The quantitative estimate of drug-likeness (QED) is 0.294. The molecule has 3 aromatic rings. The molecule has 0 N–H and O–H groups in total. The van der Waals surface area contributed by atoms with Crippen LogP contribution in [0.4, 0.5) is 0 Å². The molecule has 0 saturated heterocycles. The molecule has 3 rings (SSSR count). The number of hydrogen-bond acceptors (Lipinski definition) is 3. The molecule has 0 aliphatic rings. The van der Waals surface area contributed by atoms with Crippen LogP contribution in [0.5, 0.6) is 11.5 Å². The van der Waals surface area contributed by atoms with E-state index in [2.05, 4.69) is 78.3 Å². The van der Waals surface area contributed by atoms with Crippen molar-refractivity contribution in [3.8, 4) is 11.5 Å². The molecular formula is C25H27BrO3. The lowest BCUT2D eigenvalue weighted by Crippen LogP contribution is -2.35. The monoisotopic (exact) mass is 454 g/mol. The van der Waals surface area contributed by atoms with E-state index in [-0.39, 0.29) is 6.10 Å². The van der Waals surface area contributed by atoms with Crippen molar-refractivity contribution >= 4 is 15.9 Å². The van der Waals surface area contributed by atoms with Gasteiger partial charge in [0.2, 0.25) is 0 Å². The first-order valence-electron chi connectivity index (χ1n) is 9.65. The maximum absolute atomic E-state index is 6.72. The van der Waals surface area contributed by atoms with E-state index >= 15 is 0 Å². The molecule has 0 spiro atoms. The lowest BCUT2D eigenvalue weighted by atomic mass is 9.79. The SMILES string of the molecule is COc1ccc(C(OC(C)C)(c2ccc(CBr)cc2)c2ccc(OC)cc2)cc1. The third kappa shape index (κ3) is 4.49. The molecule has 0 aromatic heterocycles. The predicted molar refractivity (Wildman–Crippen MR) is 121 cm³/mol. The maximum atomic E-state index is 6.72. The molecule has 3 aromatic carbocycles. The van der Waals surface area contributed by atoms with E-state index in [9.17, 15) is 0 Å². The summed E-state index contributed by atoms with van der Waals surface area (Å²) in [6, 6.07) is 24.8. The Labute approximate surface area is 181 Å². The lowest BCUT2D eigenvalue weighted by molar-refractivity contribution is -0.0293. The highest BCUT2D eigenvalue weighted by atomic mass is 79.9. The fourth-order valence-electron chi connectivity index (χ4n) is 3.54. The molecule has 0 saturated carbocycles. The normalized spacial score (nSPS) is 11.5. The lowest BCUT2D eigenvalue weighted by Gasteiger charge is -2.37. The van der Waals surface area contributed by atoms with Gasteiger partial charge in [0.25, 0.3) is 0 Å². The second kappa shape index (κ2) is 9.47. The summed E-state index contributed by atoms with van der Waals surface area (Å²) in [6.07, 6.45) is 0.00931. The molecular weight excluding hydrogens is 428 g/mol. The van der Waals surface area contributed by atoms with Crippen LogP contribution in [0.25, 0.3) is 0 Å². The van der Waals surface area contributed by atoms with Gasteiger partial charge >= 0.3 is 0 Å². The molecule has 0 radical (unpaired) electrons. The Bertz CT molecular complexity index is 785. The van der Waals surface area contributed by atoms with Crippen LogP contribution in [0.3, 0.4) is 0 Å². The molecule has 4 heteroatoms. The number of alkyl halides is 1. The molecule has 0 heterocycles.